The van der Waals surface area contributed by atoms with E-state index in [0.717, 1.165) is 13.0 Å². The van der Waals surface area contributed by atoms with Gasteiger partial charge in [0, 0.05) is 18.1 Å². The molecule has 0 saturated carbocycles. The van der Waals surface area contributed by atoms with Crippen LogP contribution >= 0.6 is 0 Å². The summed E-state index contributed by atoms with van der Waals surface area (Å²) < 4.78 is 0. The number of nitrogens with zero attached hydrogens (tertiary/aromatic N) is 1. The summed E-state index contributed by atoms with van der Waals surface area (Å²) >= 11 is 0. The fraction of sp³-hybridized carbons (Fsp3) is 1.00. The normalized spacial score (nSPS) is 16.1. The molecule has 86 valence electrons. The Hall–Kier alpha value is -0.0800. The van der Waals surface area contributed by atoms with E-state index >= 15 is 0 Å². The average Bonchev–Trinajstić information content (AvgIpc) is 2.02. The van der Waals surface area contributed by atoms with Gasteiger partial charge >= 0.3 is 0 Å². The molecule has 2 N–H and O–H groups in total. The van der Waals surface area contributed by atoms with Crippen LogP contribution in [0.1, 0.15) is 48.0 Å². The van der Waals surface area contributed by atoms with E-state index in [-0.39, 0.29) is 17.0 Å². The predicted octanol–water partition coefficient (Wildman–Crippen LogP) is 2.48. The molecule has 1 atom stereocenters. The molecular weight excluding hydrogens is 172 g/mol. The van der Waals surface area contributed by atoms with Gasteiger partial charge < -0.3 is 5.73 Å². The van der Waals surface area contributed by atoms with E-state index in [1.54, 1.807) is 0 Å². The van der Waals surface area contributed by atoms with Crippen LogP contribution < -0.4 is 5.73 Å². The van der Waals surface area contributed by atoms with Gasteiger partial charge in [0.2, 0.25) is 0 Å². The van der Waals surface area contributed by atoms with Crippen molar-refractivity contribution in [1.82, 2.24) is 4.90 Å². The van der Waals surface area contributed by atoms with Crippen LogP contribution in [0.2, 0.25) is 0 Å². The highest BCUT2D eigenvalue weighted by atomic mass is 15.2. The summed E-state index contributed by atoms with van der Waals surface area (Å²) in [6.07, 6.45) is 1.15. The molecule has 1 unspecified atom stereocenters. The minimum atomic E-state index is 0.193. The van der Waals surface area contributed by atoms with Crippen molar-refractivity contribution in [1.29, 1.82) is 0 Å². The highest BCUT2D eigenvalue weighted by molar-refractivity contribution is 4.85. The van der Waals surface area contributed by atoms with E-state index in [0.29, 0.717) is 0 Å². The van der Waals surface area contributed by atoms with Crippen LogP contribution in [-0.2, 0) is 0 Å². The molecule has 0 radical (unpaired) electrons. The Kier molecular flexibility index (Phi) is 4.60. The van der Waals surface area contributed by atoms with Crippen molar-refractivity contribution in [3.8, 4) is 0 Å². The fourth-order valence-electron chi connectivity index (χ4n) is 1.09. The number of hydrogen-bond donors (Lipinski definition) is 1. The van der Waals surface area contributed by atoms with Crippen LogP contribution in [0.3, 0.4) is 0 Å². The molecule has 14 heavy (non-hydrogen) atoms. The highest BCUT2D eigenvalue weighted by Crippen LogP contribution is 2.22. The summed E-state index contributed by atoms with van der Waals surface area (Å²) in [7, 11) is 2.16. The number of rotatable bonds is 4. The van der Waals surface area contributed by atoms with Crippen LogP contribution in [0.15, 0.2) is 0 Å². The van der Waals surface area contributed by atoms with Crippen LogP contribution in [0.4, 0.5) is 0 Å². The van der Waals surface area contributed by atoms with Gasteiger partial charge in [-0.2, -0.15) is 0 Å². The molecule has 0 fully saturated rings. The predicted molar refractivity (Wildman–Crippen MR) is 64.4 cm³/mol. The first-order chi connectivity index (χ1) is 6.11. The zero-order chi connectivity index (χ0) is 11.6. The zero-order valence-corrected chi connectivity index (χ0v) is 11.0. The molecule has 2 nitrogen and oxygen atoms in total. The SMILES string of the molecule is CCC(C)(C)N(C)CC(N)C(C)(C)C. The second kappa shape index (κ2) is 4.63. The monoisotopic (exact) mass is 200 g/mol. The summed E-state index contributed by atoms with van der Waals surface area (Å²) in [6, 6.07) is 0.235. The van der Waals surface area contributed by atoms with E-state index in [4.69, 9.17) is 5.73 Å². The third kappa shape index (κ3) is 3.97. The molecule has 0 aromatic carbocycles. The second-order valence-corrected chi connectivity index (χ2v) is 6.02. The lowest BCUT2D eigenvalue weighted by atomic mass is 9.86. The highest BCUT2D eigenvalue weighted by Gasteiger charge is 2.27. The van der Waals surface area contributed by atoms with Crippen molar-refractivity contribution in [3.63, 3.8) is 0 Å². The van der Waals surface area contributed by atoms with Gasteiger partial charge in [-0.1, -0.05) is 27.7 Å². The van der Waals surface area contributed by atoms with Crippen molar-refractivity contribution in [2.75, 3.05) is 13.6 Å². The molecule has 0 amide bonds. The van der Waals surface area contributed by atoms with Crippen molar-refractivity contribution in [2.45, 2.75) is 59.5 Å². The van der Waals surface area contributed by atoms with E-state index in [9.17, 15) is 0 Å². The lowest BCUT2D eigenvalue weighted by Gasteiger charge is -2.39. The summed E-state index contributed by atoms with van der Waals surface area (Å²) in [6.45, 7) is 14.3. The van der Waals surface area contributed by atoms with Crippen LogP contribution in [0.5, 0.6) is 0 Å². The second-order valence-electron chi connectivity index (χ2n) is 6.02. The molecule has 0 saturated heterocycles. The Morgan fingerprint density at radius 1 is 1.14 bits per heavy atom. The summed E-state index contributed by atoms with van der Waals surface area (Å²) in [5.41, 5.74) is 6.61. The Bertz CT molecular complexity index is 168. The maximum Gasteiger partial charge on any atom is 0.0217 e. The maximum atomic E-state index is 6.16. The Labute approximate surface area is 89.9 Å². The molecule has 0 rings (SSSR count). The first-order valence-corrected chi connectivity index (χ1v) is 5.58. The first kappa shape index (κ1) is 13.9. The van der Waals surface area contributed by atoms with E-state index in [1.807, 2.05) is 0 Å². The minimum absolute atomic E-state index is 0.193. The van der Waals surface area contributed by atoms with Gasteiger partial charge in [-0.3, -0.25) is 4.90 Å². The van der Waals surface area contributed by atoms with Crippen molar-refractivity contribution in [3.05, 3.63) is 0 Å². The third-order valence-electron chi connectivity index (χ3n) is 3.48. The van der Waals surface area contributed by atoms with Gasteiger partial charge in [-0.25, -0.2) is 0 Å². The molecule has 2 heteroatoms. The van der Waals surface area contributed by atoms with Gasteiger partial charge in [0.25, 0.3) is 0 Å². The van der Waals surface area contributed by atoms with E-state index in [2.05, 4.69) is 53.5 Å². The number of likely N-dealkylation sites (N-methyl/N-ethyl adjacent to an activating group) is 1. The van der Waals surface area contributed by atoms with Gasteiger partial charge in [0.1, 0.15) is 0 Å². The molecule has 0 aliphatic carbocycles. The number of nitrogens with two attached hydrogens (primary N) is 1. The molecule has 0 heterocycles. The van der Waals surface area contributed by atoms with E-state index in [1.165, 1.54) is 0 Å². The smallest absolute Gasteiger partial charge is 0.0217 e. The van der Waals surface area contributed by atoms with Crippen LogP contribution in [-0.4, -0.2) is 30.1 Å². The van der Waals surface area contributed by atoms with Gasteiger partial charge in [-0.05, 0) is 32.7 Å². The molecule has 0 bridgehead atoms. The molecule has 0 spiro atoms. The maximum absolute atomic E-state index is 6.16. The lowest BCUT2D eigenvalue weighted by molar-refractivity contribution is 0.118. The summed E-state index contributed by atoms with van der Waals surface area (Å²) in [5, 5.41) is 0. The van der Waals surface area contributed by atoms with Crippen LogP contribution in [0, 0.1) is 5.41 Å². The topological polar surface area (TPSA) is 29.3 Å². The van der Waals surface area contributed by atoms with Gasteiger partial charge in [0.15, 0.2) is 0 Å². The summed E-state index contributed by atoms with van der Waals surface area (Å²) in [5.74, 6) is 0. The lowest BCUT2D eigenvalue weighted by Crippen LogP contribution is -2.50. The van der Waals surface area contributed by atoms with Gasteiger partial charge in [-0.15, -0.1) is 0 Å². The van der Waals surface area contributed by atoms with Crippen molar-refractivity contribution < 1.29 is 0 Å². The number of hydrogen-bond acceptors (Lipinski definition) is 2. The third-order valence-corrected chi connectivity index (χ3v) is 3.48. The zero-order valence-electron chi connectivity index (χ0n) is 11.0. The molecule has 0 aliphatic rings. The molecule has 0 aromatic rings. The first-order valence-electron chi connectivity index (χ1n) is 5.58. The van der Waals surface area contributed by atoms with E-state index < -0.39 is 0 Å². The summed E-state index contributed by atoms with van der Waals surface area (Å²) in [4.78, 5) is 2.36. The Morgan fingerprint density at radius 3 is 1.86 bits per heavy atom. The minimum Gasteiger partial charge on any atom is -0.326 e. The molecular formula is C12H28N2. The average molecular weight is 200 g/mol. The Morgan fingerprint density at radius 2 is 1.57 bits per heavy atom. The molecule has 0 aliphatic heterocycles. The largest absolute Gasteiger partial charge is 0.326 e. The fourth-order valence-corrected chi connectivity index (χ4v) is 1.09. The van der Waals surface area contributed by atoms with Crippen LogP contribution in [0.25, 0.3) is 0 Å². The standard InChI is InChI=1S/C12H28N2/c1-8-12(5,6)14(7)9-10(13)11(2,3)4/h10H,8-9,13H2,1-7H3. The van der Waals surface area contributed by atoms with Crippen molar-refractivity contribution >= 4 is 0 Å². The molecule has 0 aromatic heterocycles. The Balaban J connectivity index is 4.26. The quantitative estimate of drug-likeness (QED) is 0.755. The van der Waals surface area contributed by atoms with Crippen molar-refractivity contribution in [2.24, 2.45) is 11.1 Å². The van der Waals surface area contributed by atoms with Gasteiger partial charge in [0.05, 0.1) is 0 Å².